The van der Waals surface area contributed by atoms with Gasteiger partial charge in [-0.25, -0.2) is 4.39 Å². The Labute approximate surface area is 60.2 Å². The molecule has 0 fully saturated rings. The van der Waals surface area contributed by atoms with E-state index in [9.17, 15) is 4.39 Å². The first kappa shape index (κ1) is 8.95. The molecule has 10 heavy (non-hydrogen) atoms. The van der Waals surface area contributed by atoms with E-state index in [1.54, 1.807) is 13.8 Å². The molecule has 0 aromatic carbocycles. The highest BCUT2D eigenvalue weighted by molar-refractivity contribution is 5.29. The minimum atomic E-state index is -0.375. The Balaban J connectivity index is 4.31. The summed E-state index contributed by atoms with van der Waals surface area (Å²) in [6.07, 6.45) is 1.47. The molecule has 0 aliphatic rings. The third kappa shape index (κ3) is 3.07. The van der Waals surface area contributed by atoms with Crippen molar-refractivity contribution in [1.82, 2.24) is 0 Å². The zero-order chi connectivity index (χ0) is 8.15. The Kier molecular flexibility index (Phi) is 3.47. The minimum absolute atomic E-state index is 0.145. The van der Waals surface area contributed by atoms with E-state index >= 15 is 0 Å². The summed E-state index contributed by atoms with van der Waals surface area (Å²) in [4.78, 5) is 0. The Bertz CT molecular complexity index is 189. The fourth-order valence-electron chi connectivity index (χ4n) is 0.377. The number of aliphatic hydroxyl groups is 1. The van der Waals surface area contributed by atoms with Gasteiger partial charge in [-0.3, -0.25) is 0 Å². The summed E-state index contributed by atoms with van der Waals surface area (Å²) in [5, 5.41) is 8.65. The second-order valence-corrected chi connectivity index (χ2v) is 2.14. The summed E-state index contributed by atoms with van der Waals surface area (Å²) in [5.41, 5.74) is 1.58. The van der Waals surface area contributed by atoms with Crippen molar-refractivity contribution in [3.8, 4) is 0 Å². The fourth-order valence-corrected chi connectivity index (χ4v) is 0.377. The van der Waals surface area contributed by atoms with Crippen molar-refractivity contribution in [2.45, 2.75) is 13.8 Å². The lowest BCUT2D eigenvalue weighted by molar-refractivity contribution is 0.415. The van der Waals surface area contributed by atoms with Crippen LogP contribution in [0.5, 0.6) is 0 Å². The van der Waals surface area contributed by atoms with Crippen molar-refractivity contribution in [2.75, 3.05) is 0 Å². The maximum atomic E-state index is 11.5. The lowest BCUT2D eigenvalue weighted by Crippen LogP contribution is -1.79. The van der Waals surface area contributed by atoms with Gasteiger partial charge in [-0.05, 0) is 25.5 Å². The van der Waals surface area contributed by atoms with Crippen molar-refractivity contribution in [3.05, 3.63) is 35.9 Å². The molecule has 0 aliphatic carbocycles. The molecule has 0 radical (unpaired) electrons. The molecule has 0 aromatic rings. The maximum absolute atomic E-state index is 11.5. The molecule has 0 aromatic heterocycles. The second kappa shape index (κ2) is 3.88. The van der Waals surface area contributed by atoms with Gasteiger partial charge in [0.25, 0.3) is 0 Å². The van der Waals surface area contributed by atoms with Crippen LogP contribution in [0.1, 0.15) is 13.8 Å². The molecule has 0 amide bonds. The topological polar surface area (TPSA) is 20.2 Å². The highest BCUT2D eigenvalue weighted by Gasteiger charge is 1.90. The lowest BCUT2D eigenvalue weighted by atomic mass is 10.1. The van der Waals surface area contributed by atoms with E-state index in [1.807, 2.05) is 0 Å². The van der Waals surface area contributed by atoms with Crippen LogP contribution in [-0.4, -0.2) is 5.11 Å². The molecule has 0 saturated heterocycles. The quantitative estimate of drug-likeness (QED) is 0.464. The highest BCUT2D eigenvalue weighted by atomic mass is 19.1. The van der Waals surface area contributed by atoms with Gasteiger partial charge in [-0.1, -0.05) is 12.2 Å². The van der Waals surface area contributed by atoms with Gasteiger partial charge in [0.2, 0.25) is 0 Å². The van der Waals surface area contributed by atoms with Crippen molar-refractivity contribution < 1.29 is 9.50 Å². The highest BCUT2D eigenvalue weighted by Crippen LogP contribution is 2.07. The van der Waals surface area contributed by atoms with Gasteiger partial charge in [0.1, 0.15) is 12.1 Å². The van der Waals surface area contributed by atoms with Gasteiger partial charge in [0, 0.05) is 0 Å². The smallest absolute Gasteiger partial charge is 0.144 e. The minimum Gasteiger partial charge on any atom is -0.506 e. The third-order valence-corrected chi connectivity index (χ3v) is 1.15. The zero-order valence-corrected chi connectivity index (χ0v) is 6.19. The molecular weight excluding hydrogens is 131 g/mol. The van der Waals surface area contributed by atoms with E-state index in [0.29, 0.717) is 0 Å². The average molecular weight is 142 g/mol. The summed E-state index contributed by atoms with van der Waals surface area (Å²) < 4.78 is 11.5. The van der Waals surface area contributed by atoms with E-state index < -0.39 is 0 Å². The standard InChI is InChI=1S/C8H11FO/c1-6(2)7(3)4-8(10)5-9/h4-5,10H,1H2,2-3H3/b7-4-,8-5+. The molecule has 0 atom stereocenters. The van der Waals surface area contributed by atoms with Crippen LogP contribution in [-0.2, 0) is 0 Å². The molecule has 0 rings (SSSR count). The number of halogens is 1. The van der Waals surface area contributed by atoms with E-state index in [-0.39, 0.29) is 12.1 Å². The van der Waals surface area contributed by atoms with Gasteiger partial charge in [-0.2, -0.15) is 0 Å². The molecule has 0 bridgehead atoms. The molecule has 0 saturated carbocycles. The molecule has 0 unspecified atom stereocenters. The van der Waals surface area contributed by atoms with Crippen LogP contribution in [0.25, 0.3) is 0 Å². The second-order valence-electron chi connectivity index (χ2n) is 2.14. The maximum Gasteiger partial charge on any atom is 0.144 e. The zero-order valence-electron chi connectivity index (χ0n) is 6.19. The van der Waals surface area contributed by atoms with E-state index in [2.05, 4.69) is 6.58 Å². The Morgan fingerprint density at radius 1 is 1.50 bits per heavy atom. The Morgan fingerprint density at radius 2 is 2.00 bits per heavy atom. The van der Waals surface area contributed by atoms with Gasteiger partial charge in [0.15, 0.2) is 0 Å². The van der Waals surface area contributed by atoms with Crippen LogP contribution in [0.15, 0.2) is 35.9 Å². The number of rotatable bonds is 2. The fraction of sp³-hybridized carbons (Fsp3) is 0.250. The van der Waals surface area contributed by atoms with Crippen molar-refractivity contribution in [3.63, 3.8) is 0 Å². The summed E-state index contributed by atoms with van der Waals surface area (Å²) in [6.45, 7) is 7.15. The SMILES string of the molecule is C=C(C)/C(C)=C\C(O)=C/F. The first-order valence-electron chi connectivity index (χ1n) is 2.91. The van der Waals surface area contributed by atoms with Crippen LogP contribution in [0.2, 0.25) is 0 Å². The summed E-state index contributed by atoms with van der Waals surface area (Å²) in [7, 11) is 0. The monoisotopic (exact) mass is 142 g/mol. The van der Waals surface area contributed by atoms with Crippen LogP contribution in [0, 0.1) is 0 Å². The van der Waals surface area contributed by atoms with E-state index in [0.717, 1.165) is 11.1 Å². The molecule has 0 heterocycles. The van der Waals surface area contributed by atoms with Gasteiger partial charge >= 0.3 is 0 Å². The summed E-state index contributed by atoms with van der Waals surface area (Å²) in [6, 6.07) is 0. The molecular formula is C8H11FO. The van der Waals surface area contributed by atoms with Crippen LogP contribution in [0.3, 0.4) is 0 Å². The van der Waals surface area contributed by atoms with Crippen molar-refractivity contribution >= 4 is 0 Å². The summed E-state index contributed by atoms with van der Waals surface area (Å²) in [5.74, 6) is -0.375. The molecule has 56 valence electrons. The van der Waals surface area contributed by atoms with Crippen molar-refractivity contribution in [1.29, 1.82) is 0 Å². The Morgan fingerprint density at radius 3 is 2.30 bits per heavy atom. The van der Waals surface area contributed by atoms with Crippen LogP contribution in [0.4, 0.5) is 4.39 Å². The molecule has 0 spiro atoms. The van der Waals surface area contributed by atoms with Crippen LogP contribution < -0.4 is 0 Å². The Hall–Kier alpha value is -1.05. The van der Waals surface area contributed by atoms with Crippen molar-refractivity contribution in [2.24, 2.45) is 0 Å². The number of hydrogen-bond acceptors (Lipinski definition) is 1. The van der Waals surface area contributed by atoms with E-state index in [1.165, 1.54) is 6.08 Å². The predicted octanol–water partition coefficient (Wildman–Crippen LogP) is 2.88. The van der Waals surface area contributed by atoms with Gasteiger partial charge in [0.05, 0.1) is 0 Å². The largest absolute Gasteiger partial charge is 0.506 e. The molecule has 0 aliphatic heterocycles. The number of allylic oxidation sites excluding steroid dienone is 3. The summed E-state index contributed by atoms with van der Waals surface area (Å²) >= 11 is 0. The first-order valence-corrected chi connectivity index (χ1v) is 2.91. The third-order valence-electron chi connectivity index (χ3n) is 1.15. The predicted molar refractivity (Wildman–Crippen MR) is 40.4 cm³/mol. The van der Waals surface area contributed by atoms with Gasteiger partial charge in [-0.15, -0.1) is 0 Å². The average Bonchev–Trinajstić information content (AvgIpc) is 1.87. The molecule has 1 N–H and O–H groups in total. The first-order chi connectivity index (χ1) is 4.57. The van der Waals surface area contributed by atoms with Gasteiger partial charge < -0.3 is 5.11 Å². The number of hydrogen-bond donors (Lipinski definition) is 1. The van der Waals surface area contributed by atoms with Crippen LogP contribution >= 0.6 is 0 Å². The lowest BCUT2D eigenvalue weighted by Gasteiger charge is -1.96. The molecule has 1 nitrogen and oxygen atoms in total. The normalized spacial score (nSPS) is 13.5. The molecule has 2 heteroatoms. The van der Waals surface area contributed by atoms with E-state index in [4.69, 9.17) is 5.11 Å². The number of aliphatic hydroxyl groups excluding tert-OH is 1.